The monoisotopic (exact) mass is 496 g/mol. The maximum absolute atomic E-state index is 13.1. The molecule has 0 radical (unpaired) electrons. The Morgan fingerprint density at radius 2 is 1.79 bits per heavy atom. The molecule has 0 aliphatic rings. The Morgan fingerprint density at radius 1 is 1.12 bits per heavy atom. The molecule has 0 bridgehead atoms. The lowest BCUT2D eigenvalue weighted by molar-refractivity contribution is -0.115. The van der Waals surface area contributed by atoms with E-state index in [9.17, 15) is 9.59 Å². The number of nitrogens with one attached hydrogen (secondary N) is 1. The molecule has 0 saturated heterocycles. The number of hydrogen-bond donors (Lipinski definition) is 1. The number of carbonyl (C=O) groups excluding carboxylic acids is 1. The Labute approximate surface area is 206 Å². The van der Waals surface area contributed by atoms with E-state index in [-0.39, 0.29) is 17.2 Å². The van der Waals surface area contributed by atoms with Gasteiger partial charge in [0.15, 0.2) is 11.0 Å². The molecule has 0 aliphatic carbocycles. The molecule has 1 unspecified atom stereocenters. The zero-order chi connectivity index (χ0) is 24.4. The Balaban J connectivity index is 1.55. The van der Waals surface area contributed by atoms with Gasteiger partial charge < -0.3 is 9.88 Å². The van der Waals surface area contributed by atoms with E-state index in [0.717, 1.165) is 11.3 Å². The second kappa shape index (κ2) is 9.90. The molecule has 176 valence electrons. The van der Waals surface area contributed by atoms with E-state index in [1.165, 1.54) is 16.4 Å². The van der Waals surface area contributed by atoms with Crippen LogP contribution in [0.25, 0.3) is 17.1 Å². The molecule has 1 N–H and O–H groups in total. The molecule has 1 atom stereocenters. The maximum Gasteiger partial charge on any atom is 0.295 e. The maximum atomic E-state index is 13.1. The molecule has 4 rings (SSSR count). The number of hydrogen-bond acceptors (Lipinski definition) is 5. The molecule has 2 heterocycles. The van der Waals surface area contributed by atoms with E-state index in [1.807, 2.05) is 54.0 Å². The van der Waals surface area contributed by atoms with Gasteiger partial charge in [0.1, 0.15) is 5.69 Å². The lowest BCUT2D eigenvalue weighted by Gasteiger charge is -2.12. The molecule has 34 heavy (non-hydrogen) atoms. The minimum Gasteiger partial charge on any atom is -0.319 e. The Morgan fingerprint density at radius 3 is 2.44 bits per heavy atom. The number of halogens is 1. The van der Waals surface area contributed by atoms with Crippen LogP contribution in [0.3, 0.4) is 0 Å². The average molecular weight is 497 g/mol. The highest BCUT2D eigenvalue weighted by molar-refractivity contribution is 8.00. The molecule has 0 fully saturated rings. The lowest BCUT2D eigenvalue weighted by atomic mass is 10.2. The van der Waals surface area contributed by atoms with Crippen LogP contribution in [0.4, 0.5) is 5.69 Å². The minimum absolute atomic E-state index is 0.266. The molecular weight excluding hydrogens is 472 g/mol. The van der Waals surface area contributed by atoms with Crippen molar-refractivity contribution in [2.24, 2.45) is 7.05 Å². The number of amides is 1. The quantitative estimate of drug-likeness (QED) is 0.380. The number of aromatic nitrogens is 5. The van der Waals surface area contributed by atoms with Crippen molar-refractivity contribution in [3.8, 4) is 17.1 Å². The number of anilines is 1. The van der Waals surface area contributed by atoms with Gasteiger partial charge in [-0.25, -0.2) is 4.68 Å². The first-order valence-electron chi connectivity index (χ1n) is 10.8. The van der Waals surface area contributed by atoms with Crippen LogP contribution in [0.1, 0.15) is 19.5 Å². The zero-order valence-electron chi connectivity index (χ0n) is 19.3. The summed E-state index contributed by atoms with van der Waals surface area (Å²) in [5.74, 6) is 0.425. The molecular formula is C24H25ClN6O2S. The van der Waals surface area contributed by atoms with Crippen LogP contribution in [0, 0.1) is 6.92 Å². The van der Waals surface area contributed by atoms with Gasteiger partial charge in [-0.1, -0.05) is 41.6 Å². The lowest BCUT2D eigenvalue weighted by Crippen LogP contribution is -2.27. The van der Waals surface area contributed by atoms with Crippen molar-refractivity contribution < 1.29 is 4.79 Å². The molecule has 0 spiro atoms. The Bertz CT molecular complexity index is 1380. The van der Waals surface area contributed by atoms with E-state index in [0.29, 0.717) is 28.2 Å². The SMILES string of the molecule is CCn1c(SC(C)C(=O)Nc2c(C)n(C)n(-c3ccccc3)c2=O)nnc1-c1ccc(Cl)cc1. The van der Waals surface area contributed by atoms with Crippen molar-refractivity contribution in [2.45, 2.75) is 37.7 Å². The number of carbonyl (C=O) groups is 1. The van der Waals surface area contributed by atoms with Gasteiger partial charge in [0.25, 0.3) is 5.56 Å². The largest absolute Gasteiger partial charge is 0.319 e. The zero-order valence-corrected chi connectivity index (χ0v) is 20.9. The fourth-order valence-corrected chi connectivity index (χ4v) is 4.66. The molecule has 0 saturated carbocycles. The summed E-state index contributed by atoms with van der Waals surface area (Å²) in [6.07, 6.45) is 0. The first kappa shape index (κ1) is 23.8. The van der Waals surface area contributed by atoms with E-state index < -0.39 is 5.25 Å². The van der Waals surface area contributed by atoms with Crippen molar-refractivity contribution in [1.29, 1.82) is 0 Å². The molecule has 2 aromatic carbocycles. The molecule has 1 amide bonds. The second-order valence-corrected chi connectivity index (χ2v) is 9.49. The van der Waals surface area contributed by atoms with Gasteiger partial charge >= 0.3 is 0 Å². The topological polar surface area (TPSA) is 86.7 Å². The highest BCUT2D eigenvalue weighted by Crippen LogP contribution is 2.28. The predicted molar refractivity (Wildman–Crippen MR) is 136 cm³/mol. The summed E-state index contributed by atoms with van der Waals surface area (Å²) in [4.78, 5) is 26.1. The van der Waals surface area contributed by atoms with Crippen molar-refractivity contribution in [1.82, 2.24) is 24.1 Å². The smallest absolute Gasteiger partial charge is 0.295 e. The summed E-state index contributed by atoms with van der Waals surface area (Å²) in [6.45, 7) is 6.23. The molecule has 0 aliphatic heterocycles. The Hall–Kier alpha value is -3.30. The third-order valence-corrected chi connectivity index (χ3v) is 6.92. The van der Waals surface area contributed by atoms with Gasteiger partial charge in [0, 0.05) is 24.2 Å². The van der Waals surface area contributed by atoms with Crippen LogP contribution < -0.4 is 10.9 Å². The van der Waals surface area contributed by atoms with Crippen molar-refractivity contribution in [3.63, 3.8) is 0 Å². The number of rotatable bonds is 7. The van der Waals surface area contributed by atoms with Crippen LogP contribution in [0.15, 0.2) is 64.5 Å². The number of para-hydroxylation sites is 1. The van der Waals surface area contributed by atoms with Crippen molar-refractivity contribution in [3.05, 3.63) is 75.7 Å². The van der Waals surface area contributed by atoms with E-state index in [1.54, 1.807) is 37.7 Å². The summed E-state index contributed by atoms with van der Waals surface area (Å²) < 4.78 is 5.22. The molecule has 2 aromatic heterocycles. The summed E-state index contributed by atoms with van der Waals surface area (Å²) in [5, 5.41) is 12.2. The standard InChI is InChI=1S/C24H25ClN6O2S/c1-5-30-21(17-11-13-18(25)14-12-17)27-28-24(30)34-16(3)22(32)26-20-15(2)29(4)31(23(20)33)19-9-7-6-8-10-19/h6-14,16H,5H2,1-4H3,(H,26,32). The van der Waals surface area contributed by atoms with E-state index in [4.69, 9.17) is 11.6 Å². The van der Waals surface area contributed by atoms with Crippen molar-refractivity contribution >= 4 is 35.0 Å². The predicted octanol–water partition coefficient (Wildman–Crippen LogP) is 4.54. The van der Waals surface area contributed by atoms with Gasteiger partial charge in [-0.3, -0.25) is 14.3 Å². The van der Waals surface area contributed by atoms with Crippen LogP contribution in [0.5, 0.6) is 0 Å². The summed E-state index contributed by atoms with van der Waals surface area (Å²) in [7, 11) is 1.79. The number of thioether (sulfide) groups is 1. The Kier molecular flexibility index (Phi) is 6.95. The molecule has 8 nitrogen and oxygen atoms in total. The van der Waals surface area contributed by atoms with Gasteiger partial charge in [-0.2, -0.15) is 0 Å². The average Bonchev–Trinajstić information content (AvgIpc) is 3.33. The fourth-order valence-electron chi connectivity index (χ4n) is 3.62. The van der Waals surface area contributed by atoms with Crippen molar-refractivity contribution in [2.75, 3.05) is 5.32 Å². The van der Waals surface area contributed by atoms with Crippen LogP contribution in [-0.4, -0.2) is 35.3 Å². The summed E-state index contributed by atoms with van der Waals surface area (Å²) in [5.41, 5.74) is 2.28. The first-order valence-corrected chi connectivity index (χ1v) is 12.1. The fraction of sp³-hybridized carbons (Fsp3) is 0.250. The molecule has 4 aromatic rings. The van der Waals surface area contributed by atoms with E-state index in [2.05, 4.69) is 15.5 Å². The molecule has 10 heteroatoms. The highest BCUT2D eigenvalue weighted by Gasteiger charge is 2.24. The third kappa shape index (κ3) is 4.53. The third-order valence-electron chi connectivity index (χ3n) is 5.59. The summed E-state index contributed by atoms with van der Waals surface area (Å²) >= 11 is 7.30. The normalized spacial score (nSPS) is 12.0. The summed E-state index contributed by atoms with van der Waals surface area (Å²) in [6, 6.07) is 16.7. The van der Waals surface area contributed by atoms with Gasteiger partial charge in [-0.05, 0) is 57.2 Å². The van der Waals surface area contributed by atoms with Gasteiger partial charge in [0.05, 0.1) is 16.6 Å². The van der Waals surface area contributed by atoms with Crippen LogP contribution in [-0.2, 0) is 18.4 Å². The van der Waals surface area contributed by atoms with Gasteiger partial charge in [-0.15, -0.1) is 10.2 Å². The second-order valence-electron chi connectivity index (χ2n) is 7.74. The van der Waals surface area contributed by atoms with Gasteiger partial charge in [0.2, 0.25) is 5.91 Å². The van der Waals surface area contributed by atoms with Crippen LogP contribution in [0.2, 0.25) is 5.02 Å². The minimum atomic E-state index is -0.503. The van der Waals surface area contributed by atoms with E-state index >= 15 is 0 Å². The number of nitrogens with zero attached hydrogens (tertiary/aromatic N) is 5. The first-order chi connectivity index (χ1) is 16.3. The number of benzene rings is 2. The van der Waals surface area contributed by atoms with Crippen LogP contribution >= 0.6 is 23.4 Å². The highest BCUT2D eigenvalue weighted by atomic mass is 35.5.